The maximum absolute atomic E-state index is 13.7. The molecule has 0 bridgehead atoms. The molecule has 0 radical (unpaired) electrons. The number of ketones is 1. The molecule has 4 aromatic carbocycles. The van der Waals surface area contributed by atoms with Crippen LogP contribution < -0.4 is 5.32 Å². The number of nitro groups is 1. The van der Waals surface area contributed by atoms with Crippen molar-refractivity contribution in [1.29, 1.82) is 0 Å². The number of phenols is 4. The summed E-state index contributed by atoms with van der Waals surface area (Å²) in [5.74, 6) is -7.64. The zero-order chi connectivity index (χ0) is 37.9. The Labute approximate surface area is 294 Å². The van der Waals surface area contributed by atoms with E-state index in [0.29, 0.717) is 0 Å². The van der Waals surface area contributed by atoms with Gasteiger partial charge < -0.3 is 35.6 Å². The van der Waals surface area contributed by atoms with Crippen LogP contribution in [0, 0.1) is 10.1 Å². The number of carbonyl (C=O) groups is 4. The normalized spacial score (nSPS) is 16.3. The van der Waals surface area contributed by atoms with Gasteiger partial charge in [0.15, 0.2) is 4.90 Å². The minimum atomic E-state index is -4.55. The minimum Gasteiger partial charge on any atom is -0.508 e. The topological polar surface area (TPSA) is 271 Å². The van der Waals surface area contributed by atoms with Gasteiger partial charge in [-0.05, 0) is 67.4 Å². The third-order valence-corrected chi connectivity index (χ3v) is 10.1. The van der Waals surface area contributed by atoms with E-state index in [9.17, 15) is 63.2 Å². The van der Waals surface area contributed by atoms with Crippen LogP contribution in [0.5, 0.6) is 23.0 Å². The average Bonchev–Trinajstić information content (AvgIpc) is 3.30. The van der Waals surface area contributed by atoms with Gasteiger partial charge in [0, 0.05) is 24.7 Å². The second-order valence-electron chi connectivity index (χ2n) is 11.5. The van der Waals surface area contributed by atoms with Crippen molar-refractivity contribution in [3.63, 3.8) is 0 Å². The molecule has 1 amide bonds. The number of esters is 1. The molecular weight excluding hydrogens is 706 g/mol. The molecule has 0 aromatic heterocycles. The van der Waals surface area contributed by atoms with Crippen molar-refractivity contribution in [2.24, 2.45) is 0 Å². The number of hydrogen-bond donors (Lipinski definition) is 6. The molecule has 17 nitrogen and oxygen atoms in total. The molecule has 5 rings (SSSR count). The van der Waals surface area contributed by atoms with E-state index in [4.69, 9.17) is 4.74 Å². The highest BCUT2D eigenvalue weighted by molar-refractivity contribution is 7.89. The van der Waals surface area contributed by atoms with Gasteiger partial charge >= 0.3 is 11.9 Å². The molecule has 1 fully saturated rings. The number of carbonyl (C=O) groups excluding carboxylic acids is 3. The number of amides is 1. The lowest BCUT2D eigenvalue weighted by Gasteiger charge is -2.29. The molecule has 0 unspecified atom stereocenters. The van der Waals surface area contributed by atoms with Crippen LogP contribution >= 0.6 is 0 Å². The summed E-state index contributed by atoms with van der Waals surface area (Å²) in [7, 11) is -4.55. The van der Waals surface area contributed by atoms with Crippen LogP contribution in [0.1, 0.15) is 59.8 Å². The van der Waals surface area contributed by atoms with Crippen molar-refractivity contribution < 1.29 is 62.8 Å². The summed E-state index contributed by atoms with van der Waals surface area (Å²) in [4.78, 5) is 61.8. The van der Waals surface area contributed by atoms with Crippen LogP contribution in [-0.4, -0.2) is 92.0 Å². The number of carboxylic acid groups (broad SMARTS) is 1. The number of aromatic hydroxyl groups is 4. The molecule has 1 aliphatic heterocycles. The van der Waals surface area contributed by atoms with E-state index in [2.05, 4.69) is 5.32 Å². The Morgan fingerprint density at radius 2 is 1.50 bits per heavy atom. The minimum absolute atomic E-state index is 0.0415. The van der Waals surface area contributed by atoms with E-state index in [1.807, 2.05) is 0 Å². The van der Waals surface area contributed by atoms with Crippen LogP contribution in [0.15, 0.2) is 83.8 Å². The van der Waals surface area contributed by atoms with E-state index in [-0.39, 0.29) is 30.7 Å². The third kappa shape index (κ3) is 7.47. The number of benzene rings is 4. The van der Waals surface area contributed by atoms with Crippen molar-refractivity contribution in [3.05, 3.63) is 117 Å². The number of nitrogens with one attached hydrogen (secondary N) is 1. The Balaban J connectivity index is 1.46. The first-order valence-corrected chi connectivity index (χ1v) is 16.7. The van der Waals surface area contributed by atoms with Crippen molar-refractivity contribution >= 4 is 39.3 Å². The van der Waals surface area contributed by atoms with Crippen LogP contribution in [0.4, 0.5) is 5.69 Å². The van der Waals surface area contributed by atoms with E-state index in [0.717, 1.165) is 40.7 Å². The number of para-hydroxylation sites is 1. The third-order valence-electron chi connectivity index (χ3n) is 8.19. The molecule has 4 aromatic rings. The van der Waals surface area contributed by atoms with Crippen LogP contribution in [0.3, 0.4) is 0 Å². The first kappa shape index (κ1) is 36.7. The van der Waals surface area contributed by atoms with E-state index >= 15 is 0 Å². The summed E-state index contributed by atoms with van der Waals surface area (Å²) in [5.41, 5.74) is -3.32. The standard InChI is InChI=1S/C34H29N3O14S/c38-20-12-10-18(11-13-20)32(43)35-22-17-36(52(49,50)28-9-2-1-6-23(28)37(47)48)14-4-8-27(22)51-34(46)19-15-25(40)30(26(41)16-19)31(42)29-21(33(44)45)5-3-7-24(29)39/h1-3,5-7,9-13,15-16,22,27,38-41H,4,8,14,17H2,(H,35,43)(H,44,45)/t22-,27-/m1/s1. The number of phenolic OH excluding ortho intramolecular Hbond substituents is 4. The van der Waals surface area contributed by atoms with Gasteiger partial charge in [0.1, 0.15) is 34.7 Å². The molecule has 18 heteroatoms. The zero-order valence-corrected chi connectivity index (χ0v) is 27.5. The molecule has 1 heterocycles. The highest BCUT2D eigenvalue weighted by Gasteiger charge is 2.39. The molecule has 52 heavy (non-hydrogen) atoms. The van der Waals surface area contributed by atoms with Crippen molar-refractivity contribution in [2.75, 3.05) is 13.1 Å². The highest BCUT2D eigenvalue weighted by Crippen LogP contribution is 2.35. The number of nitrogens with zero attached hydrogens (tertiary/aromatic N) is 2. The molecule has 1 saturated heterocycles. The van der Waals surface area contributed by atoms with Crippen LogP contribution in [-0.2, 0) is 14.8 Å². The average molecular weight is 736 g/mol. The molecule has 6 N–H and O–H groups in total. The van der Waals surface area contributed by atoms with Gasteiger partial charge in [-0.25, -0.2) is 18.0 Å². The fourth-order valence-corrected chi connectivity index (χ4v) is 7.34. The fourth-order valence-electron chi connectivity index (χ4n) is 5.68. The van der Waals surface area contributed by atoms with Gasteiger partial charge in [0.25, 0.3) is 11.6 Å². The lowest BCUT2D eigenvalue weighted by atomic mass is 9.95. The molecule has 270 valence electrons. The SMILES string of the molecule is O=C(N[C@@H]1CN(S(=O)(=O)c2ccccc2[N+](=O)[O-])CCC[C@H]1OC(=O)c1cc(O)c(C(=O)c2c(O)cccc2C(=O)O)c(O)c1)c1ccc(O)cc1. The quantitative estimate of drug-likeness (QED) is 0.0591. The molecule has 2 atom stereocenters. The van der Waals surface area contributed by atoms with Gasteiger partial charge in [0.2, 0.25) is 15.8 Å². The maximum atomic E-state index is 13.7. The second-order valence-corrected chi connectivity index (χ2v) is 13.4. The monoisotopic (exact) mass is 735 g/mol. The number of rotatable bonds is 10. The van der Waals surface area contributed by atoms with Crippen LogP contribution in [0.25, 0.3) is 0 Å². The van der Waals surface area contributed by atoms with E-state index < -0.39 is 107 Å². The first-order chi connectivity index (χ1) is 24.6. The summed E-state index contributed by atoms with van der Waals surface area (Å²) in [6.45, 7) is -0.719. The van der Waals surface area contributed by atoms with Crippen molar-refractivity contribution in [1.82, 2.24) is 9.62 Å². The van der Waals surface area contributed by atoms with Crippen LogP contribution in [0.2, 0.25) is 0 Å². The largest absolute Gasteiger partial charge is 0.508 e. The summed E-state index contributed by atoms with van der Waals surface area (Å²) in [6, 6.07) is 13.2. The fraction of sp³-hybridized carbons (Fsp3) is 0.176. The van der Waals surface area contributed by atoms with Gasteiger partial charge in [-0.15, -0.1) is 0 Å². The maximum Gasteiger partial charge on any atom is 0.338 e. The number of nitro benzene ring substituents is 1. The molecule has 0 saturated carbocycles. The van der Waals surface area contributed by atoms with E-state index in [1.54, 1.807) is 0 Å². The summed E-state index contributed by atoms with van der Waals surface area (Å²) in [5, 5.41) is 65.0. The van der Waals surface area contributed by atoms with Gasteiger partial charge in [-0.2, -0.15) is 4.31 Å². The number of hydrogen-bond acceptors (Lipinski definition) is 13. The summed E-state index contributed by atoms with van der Waals surface area (Å²) < 4.78 is 34.1. The van der Waals surface area contributed by atoms with Crippen molar-refractivity contribution in [2.45, 2.75) is 29.9 Å². The lowest BCUT2D eigenvalue weighted by molar-refractivity contribution is -0.387. The number of ether oxygens (including phenoxy) is 1. The summed E-state index contributed by atoms with van der Waals surface area (Å²) in [6.07, 6.45) is -1.26. The van der Waals surface area contributed by atoms with Gasteiger partial charge in [-0.1, -0.05) is 18.2 Å². The Kier molecular flexibility index (Phi) is 10.4. The predicted octanol–water partition coefficient (Wildman–Crippen LogP) is 3.16. The first-order valence-electron chi connectivity index (χ1n) is 15.3. The Bertz CT molecular complexity index is 2180. The molecular formula is C34H29N3O14S. The lowest BCUT2D eigenvalue weighted by Crippen LogP contribution is -2.51. The van der Waals surface area contributed by atoms with Crippen molar-refractivity contribution in [3.8, 4) is 23.0 Å². The molecule has 0 aliphatic carbocycles. The second kappa shape index (κ2) is 14.8. The highest BCUT2D eigenvalue weighted by atomic mass is 32.2. The Morgan fingerprint density at radius 3 is 2.13 bits per heavy atom. The Morgan fingerprint density at radius 1 is 0.846 bits per heavy atom. The smallest absolute Gasteiger partial charge is 0.338 e. The summed E-state index contributed by atoms with van der Waals surface area (Å²) >= 11 is 0. The number of aromatic carboxylic acids is 1. The zero-order valence-electron chi connectivity index (χ0n) is 26.7. The molecule has 1 aliphatic rings. The molecule has 0 spiro atoms. The van der Waals surface area contributed by atoms with E-state index in [1.165, 1.54) is 42.5 Å². The number of sulfonamides is 1. The Hall–Kier alpha value is -6.53. The number of carboxylic acids is 1. The van der Waals surface area contributed by atoms with Gasteiger partial charge in [-0.3, -0.25) is 19.7 Å². The predicted molar refractivity (Wildman–Crippen MR) is 178 cm³/mol. The van der Waals surface area contributed by atoms with Gasteiger partial charge in [0.05, 0.1) is 27.7 Å².